The first-order valence-corrected chi connectivity index (χ1v) is 8.58. The number of nitrogens with one attached hydrogen (secondary N) is 1. The summed E-state index contributed by atoms with van der Waals surface area (Å²) >= 11 is 0. The molecule has 2 N–H and O–H groups in total. The minimum atomic E-state index is -4.90. The highest BCUT2D eigenvalue weighted by Gasteiger charge is 2.40. The topological polar surface area (TPSA) is 93.5 Å². The zero-order valence-corrected chi connectivity index (χ0v) is 14.9. The molecule has 0 saturated carbocycles. The van der Waals surface area contributed by atoms with Crippen molar-refractivity contribution in [3.63, 3.8) is 0 Å². The van der Waals surface area contributed by atoms with E-state index in [1.54, 1.807) is 0 Å². The predicted molar refractivity (Wildman–Crippen MR) is 91.4 cm³/mol. The van der Waals surface area contributed by atoms with Gasteiger partial charge in [-0.25, -0.2) is 9.48 Å². The number of carboxylic acids is 1. The molecule has 7 nitrogen and oxygen atoms in total. The molecule has 2 heterocycles. The minimum Gasteiger partial charge on any atom is -0.478 e. The van der Waals surface area contributed by atoms with Crippen LogP contribution >= 0.6 is 0 Å². The van der Waals surface area contributed by atoms with Gasteiger partial charge in [-0.1, -0.05) is 0 Å². The van der Waals surface area contributed by atoms with Crippen molar-refractivity contribution >= 4 is 11.9 Å². The number of carboxylic acid groups (broad SMARTS) is 1. The number of carbonyl (C=O) groups excluding carboxylic acids is 1. The van der Waals surface area contributed by atoms with Gasteiger partial charge in [0.15, 0.2) is 5.69 Å². The van der Waals surface area contributed by atoms with E-state index in [0.717, 1.165) is 0 Å². The molecule has 2 aromatic rings. The van der Waals surface area contributed by atoms with Crippen LogP contribution in [0, 0.1) is 0 Å². The Kier molecular flexibility index (Phi) is 5.41. The Labute approximate surface area is 158 Å². The number of hydrogen-bond donors (Lipinski definition) is 2. The molecule has 2 unspecified atom stereocenters. The van der Waals surface area contributed by atoms with Crippen molar-refractivity contribution in [3.8, 4) is 5.69 Å². The van der Waals surface area contributed by atoms with Gasteiger partial charge in [0.05, 0.1) is 18.0 Å². The molecule has 3 rings (SSSR count). The van der Waals surface area contributed by atoms with Crippen LogP contribution in [0.15, 0.2) is 30.5 Å². The van der Waals surface area contributed by atoms with Crippen LogP contribution in [0.25, 0.3) is 5.69 Å². The molecule has 1 aliphatic heterocycles. The molecule has 10 heteroatoms. The van der Waals surface area contributed by atoms with Crippen LogP contribution in [0.2, 0.25) is 0 Å². The third kappa shape index (κ3) is 4.16. The smallest absolute Gasteiger partial charge is 0.434 e. The third-order valence-electron chi connectivity index (χ3n) is 4.46. The number of alkyl halides is 3. The Morgan fingerprint density at radius 2 is 1.96 bits per heavy atom. The quantitative estimate of drug-likeness (QED) is 0.828. The van der Waals surface area contributed by atoms with Crippen molar-refractivity contribution < 1.29 is 32.6 Å². The van der Waals surface area contributed by atoms with E-state index in [1.165, 1.54) is 24.3 Å². The molecule has 1 aliphatic rings. The molecular formula is C18H18F3N3O4. The molecule has 1 aromatic heterocycles. The number of hydrogen-bond acceptors (Lipinski definition) is 4. The monoisotopic (exact) mass is 397 g/mol. The first kappa shape index (κ1) is 19.9. The molecule has 1 saturated heterocycles. The van der Waals surface area contributed by atoms with Crippen molar-refractivity contribution in [2.24, 2.45) is 0 Å². The molecule has 28 heavy (non-hydrogen) atoms. The van der Waals surface area contributed by atoms with E-state index in [-0.39, 0.29) is 29.3 Å². The number of ether oxygens (including phenoxy) is 1. The number of benzene rings is 1. The molecule has 0 spiro atoms. The lowest BCUT2D eigenvalue weighted by atomic mass is 10.0. The molecule has 0 aliphatic carbocycles. The molecule has 2 atom stereocenters. The Morgan fingerprint density at radius 3 is 2.54 bits per heavy atom. The Morgan fingerprint density at radius 1 is 1.29 bits per heavy atom. The SMILES string of the molecule is CC1CC(NC(=O)c2ccc(-n3ncc(C(=O)O)c3C(F)(F)F)cc2)CCO1. The number of nitrogens with zero attached hydrogens (tertiary/aromatic N) is 2. The summed E-state index contributed by atoms with van der Waals surface area (Å²) in [5, 5.41) is 15.4. The van der Waals surface area contributed by atoms with Gasteiger partial charge >= 0.3 is 12.1 Å². The fourth-order valence-corrected chi connectivity index (χ4v) is 3.13. The molecule has 1 aromatic carbocycles. The van der Waals surface area contributed by atoms with Gasteiger partial charge in [-0.05, 0) is 44.0 Å². The summed E-state index contributed by atoms with van der Waals surface area (Å²) in [5.74, 6) is -2.06. The average molecular weight is 397 g/mol. The first-order valence-electron chi connectivity index (χ1n) is 8.58. The highest BCUT2D eigenvalue weighted by molar-refractivity contribution is 5.94. The largest absolute Gasteiger partial charge is 0.478 e. The number of aromatic nitrogens is 2. The summed E-state index contributed by atoms with van der Waals surface area (Å²) < 4.78 is 45.8. The second-order valence-corrected chi connectivity index (χ2v) is 6.54. The Bertz CT molecular complexity index is 877. The summed E-state index contributed by atoms with van der Waals surface area (Å²) in [6.45, 7) is 2.47. The van der Waals surface area contributed by atoms with Gasteiger partial charge in [0.25, 0.3) is 5.91 Å². The zero-order valence-electron chi connectivity index (χ0n) is 14.9. The van der Waals surface area contributed by atoms with E-state index in [9.17, 15) is 22.8 Å². The fraction of sp³-hybridized carbons (Fsp3) is 0.389. The van der Waals surface area contributed by atoms with Crippen LogP contribution in [0.5, 0.6) is 0 Å². The summed E-state index contributed by atoms with van der Waals surface area (Å²) in [6, 6.07) is 5.29. The summed E-state index contributed by atoms with van der Waals surface area (Å²) in [6.07, 6.45) is -2.83. The molecule has 150 valence electrons. The second-order valence-electron chi connectivity index (χ2n) is 6.54. The highest BCUT2D eigenvalue weighted by atomic mass is 19.4. The normalized spacial score (nSPS) is 20.0. The lowest BCUT2D eigenvalue weighted by molar-refractivity contribution is -0.143. The van der Waals surface area contributed by atoms with Crippen molar-refractivity contribution in [3.05, 3.63) is 47.3 Å². The lowest BCUT2D eigenvalue weighted by Crippen LogP contribution is -2.41. The van der Waals surface area contributed by atoms with Crippen LogP contribution in [-0.4, -0.2) is 45.5 Å². The lowest BCUT2D eigenvalue weighted by Gasteiger charge is -2.27. The van der Waals surface area contributed by atoms with E-state index in [0.29, 0.717) is 30.3 Å². The molecule has 1 fully saturated rings. The van der Waals surface area contributed by atoms with E-state index in [2.05, 4.69) is 10.4 Å². The van der Waals surface area contributed by atoms with Gasteiger partial charge in [-0.15, -0.1) is 0 Å². The summed E-state index contributed by atoms with van der Waals surface area (Å²) in [5.41, 5.74) is -2.05. The summed E-state index contributed by atoms with van der Waals surface area (Å²) in [7, 11) is 0. The van der Waals surface area contributed by atoms with Gasteiger partial charge < -0.3 is 15.2 Å². The fourth-order valence-electron chi connectivity index (χ4n) is 3.13. The molecule has 0 bridgehead atoms. The van der Waals surface area contributed by atoms with Crippen LogP contribution in [0.1, 0.15) is 46.2 Å². The van der Waals surface area contributed by atoms with Crippen LogP contribution in [-0.2, 0) is 10.9 Å². The Balaban J connectivity index is 1.81. The van der Waals surface area contributed by atoms with E-state index < -0.39 is 23.4 Å². The highest BCUT2D eigenvalue weighted by Crippen LogP contribution is 2.33. The maximum atomic E-state index is 13.3. The first-order chi connectivity index (χ1) is 13.2. The van der Waals surface area contributed by atoms with Gasteiger partial charge in [-0.3, -0.25) is 4.79 Å². The number of halogens is 3. The standard InChI is InChI=1S/C18H18F3N3O4/c1-10-8-12(6-7-28-10)23-16(25)11-2-4-13(5-3-11)24-15(18(19,20)21)14(9-22-24)17(26)27/h2-5,9-10,12H,6-8H2,1H3,(H,23,25)(H,26,27). The van der Waals surface area contributed by atoms with Crippen molar-refractivity contribution in [1.29, 1.82) is 0 Å². The number of carbonyl (C=O) groups is 2. The predicted octanol–water partition coefficient (Wildman–Crippen LogP) is 2.89. The minimum absolute atomic E-state index is 0.00364. The maximum Gasteiger partial charge on any atom is 0.434 e. The van der Waals surface area contributed by atoms with E-state index in [1.807, 2.05) is 6.92 Å². The Hall–Kier alpha value is -2.88. The van der Waals surface area contributed by atoms with Crippen molar-refractivity contribution in [2.45, 2.75) is 38.1 Å². The number of amides is 1. The molecule has 0 radical (unpaired) electrons. The van der Waals surface area contributed by atoms with Crippen LogP contribution < -0.4 is 5.32 Å². The third-order valence-corrected chi connectivity index (χ3v) is 4.46. The summed E-state index contributed by atoms with van der Waals surface area (Å²) in [4.78, 5) is 23.4. The van der Waals surface area contributed by atoms with Crippen molar-refractivity contribution in [2.75, 3.05) is 6.61 Å². The van der Waals surface area contributed by atoms with E-state index >= 15 is 0 Å². The van der Waals surface area contributed by atoms with Crippen molar-refractivity contribution in [1.82, 2.24) is 15.1 Å². The average Bonchev–Trinajstić information content (AvgIpc) is 3.08. The molecule has 1 amide bonds. The number of aromatic carboxylic acids is 1. The van der Waals surface area contributed by atoms with Gasteiger partial charge in [0.2, 0.25) is 0 Å². The number of rotatable bonds is 4. The van der Waals surface area contributed by atoms with Crippen LogP contribution in [0.4, 0.5) is 13.2 Å². The van der Waals surface area contributed by atoms with Gasteiger partial charge in [-0.2, -0.15) is 18.3 Å². The van der Waals surface area contributed by atoms with Gasteiger partial charge in [0, 0.05) is 18.2 Å². The van der Waals surface area contributed by atoms with Gasteiger partial charge in [0.1, 0.15) is 5.56 Å². The second kappa shape index (κ2) is 7.63. The zero-order chi connectivity index (χ0) is 20.5. The van der Waals surface area contributed by atoms with E-state index in [4.69, 9.17) is 9.84 Å². The maximum absolute atomic E-state index is 13.3. The van der Waals surface area contributed by atoms with Crippen LogP contribution in [0.3, 0.4) is 0 Å². The molecular weight excluding hydrogens is 379 g/mol.